The summed E-state index contributed by atoms with van der Waals surface area (Å²) in [5.41, 5.74) is 0.672. The van der Waals surface area contributed by atoms with Crippen molar-refractivity contribution >= 4 is 11.8 Å². The summed E-state index contributed by atoms with van der Waals surface area (Å²) in [7, 11) is 0. The van der Waals surface area contributed by atoms with Crippen molar-refractivity contribution in [2.45, 2.75) is 75.1 Å². The van der Waals surface area contributed by atoms with E-state index in [1.807, 2.05) is 24.0 Å². The first-order chi connectivity index (χ1) is 15.1. The average Bonchev–Trinajstić information content (AvgIpc) is 3.02. The second kappa shape index (κ2) is 8.43. The topological polar surface area (TPSA) is 77.1 Å². The summed E-state index contributed by atoms with van der Waals surface area (Å²) in [4.78, 5) is 27.4. The lowest BCUT2D eigenvalue weighted by molar-refractivity contribution is -0.144. The Kier molecular flexibility index (Phi) is 5.65. The fourth-order valence-corrected chi connectivity index (χ4v) is 6.05. The number of rotatable bonds is 0. The molecule has 5 aliphatic rings. The Bertz CT molecular complexity index is 837. The van der Waals surface area contributed by atoms with Crippen molar-refractivity contribution in [1.29, 1.82) is 0 Å². The highest BCUT2D eigenvalue weighted by molar-refractivity contribution is 5.81. The highest BCUT2D eigenvalue weighted by Crippen LogP contribution is 2.40. The van der Waals surface area contributed by atoms with E-state index in [0.717, 1.165) is 31.4 Å². The first kappa shape index (κ1) is 20.8. The van der Waals surface area contributed by atoms with Crippen LogP contribution in [-0.2, 0) is 19.1 Å². The Hall–Kier alpha value is -2.12. The highest BCUT2D eigenvalue weighted by atomic mass is 16.5. The maximum Gasteiger partial charge on any atom is 0.246 e. The average molecular weight is 429 g/mol. The molecule has 1 aromatic rings. The maximum absolute atomic E-state index is 13.3. The van der Waals surface area contributed by atoms with E-state index in [0.29, 0.717) is 38.6 Å². The third kappa shape index (κ3) is 3.94. The minimum atomic E-state index is -0.577. The predicted octanol–water partition coefficient (Wildman–Crippen LogP) is 2.39. The van der Waals surface area contributed by atoms with Gasteiger partial charge in [-0.3, -0.25) is 9.59 Å². The lowest BCUT2D eigenvalue weighted by Gasteiger charge is -2.42. The first-order valence-corrected chi connectivity index (χ1v) is 11.6. The van der Waals surface area contributed by atoms with Crippen LogP contribution in [0.5, 0.6) is 5.75 Å². The van der Waals surface area contributed by atoms with Crippen LogP contribution in [0, 0.1) is 0 Å². The molecule has 1 aromatic carbocycles. The van der Waals surface area contributed by atoms with Gasteiger partial charge in [0.05, 0.1) is 43.9 Å². The van der Waals surface area contributed by atoms with Crippen molar-refractivity contribution in [2.75, 3.05) is 26.4 Å². The third-order valence-electron chi connectivity index (χ3n) is 7.47. The summed E-state index contributed by atoms with van der Waals surface area (Å²) in [6.45, 7) is 3.31. The van der Waals surface area contributed by atoms with Gasteiger partial charge in [0.2, 0.25) is 11.8 Å². The van der Waals surface area contributed by atoms with E-state index in [9.17, 15) is 9.59 Å². The molecule has 3 unspecified atom stereocenters. The normalized spacial score (nSPS) is 36.4. The molecular formula is C24H32N2O5. The van der Waals surface area contributed by atoms with E-state index in [2.05, 4.69) is 17.4 Å². The van der Waals surface area contributed by atoms with Crippen LogP contribution in [0.1, 0.15) is 56.9 Å². The van der Waals surface area contributed by atoms with E-state index < -0.39 is 5.54 Å². The van der Waals surface area contributed by atoms with Gasteiger partial charge in [-0.15, -0.1) is 0 Å². The molecule has 6 rings (SSSR count). The van der Waals surface area contributed by atoms with Gasteiger partial charge in [0.15, 0.2) is 0 Å². The summed E-state index contributed by atoms with van der Waals surface area (Å²) >= 11 is 0. The first-order valence-electron chi connectivity index (χ1n) is 11.6. The zero-order valence-corrected chi connectivity index (χ0v) is 18.2. The molecule has 2 bridgehead atoms. The molecule has 4 aliphatic heterocycles. The molecule has 3 atom stereocenters. The number of hydrogen-bond acceptors (Lipinski definition) is 5. The van der Waals surface area contributed by atoms with Crippen LogP contribution in [0.15, 0.2) is 24.3 Å². The summed E-state index contributed by atoms with van der Waals surface area (Å²) in [5, 5.41) is 3.16. The van der Waals surface area contributed by atoms with Gasteiger partial charge in [-0.25, -0.2) is 0 Å². The summed E-state index contributed by atoms with van der Waals surface area (Å²) in [6, 6.07) is 8.00. The molecule has 2 amide bonds. The molecule has 7 nitrogen and oxygen atoms in total. The Morgan fingerprint density at radius 2 is 1.94 bits per heavy atom. The Morgan fingerprint density at radius 1 is 1.13 bits per heavy atom. The summed E-state index contributed by atoms with van der Waals surface area (Å²) < 4.78 is 18.2. The van der Waals surface area contributed by atoms with Crippen LogP contribution in [0.4, 0.5) is 0 Å². The van der Waals surface area contributed by atoms with Gasteiger partial charge in [-0.2, -0.15) is 0 Å². The lowest BCUT2D eigenvalue weighted by atomic mass is 9.82. The molecule has 1 saturated carbocycles. The molecule has 3 fully saturated rings. The number of carbonyl (C=O) groups is 2. The van der Waals surface area contributed by atoms with Crippen molar-refractivity contribution in [1.82, 2.24) is 10.2 Å². The zero-order valence-electron chi connectivity index (χ0n) is 18.2. The van der Waals surface area contributed by atoms with Gasteiger partial charge in [0.25, 0.3) is 0 Å². The van der Waals surface area contributed by atoms with E-state index in [4.69, 9.17) is 14.2 Å². The van der Waals surface area contributed by atoms with Crippen molar-refractivity contribution < 1.29 is 23.8 Å². The fraction of sp³-hybridized carbons (Fsp3) is 0.667. The van der Waals surface area contributed by atoms with Gasteiger partial charge < -0.3 is 24.4 Å². The number of fused-ring (bicyclic) bond motifs is 6. The van der Waals surface area contributed by atoms with Crippen molar-refractivity contribution in [3.8, 4) is 5.75 Å². The van der Waals surface area contributed by atoms with Crippen molar-refractivity contribution in [2.24, 2.45) is 0 Å². The number of morpholine rings is 1. The summed E-state index contributed by atoms with van der Waals surface area (Å²) in [6.07, 6.45) is 5.27. The molecule has 7 heteroatoms. The Morgan fingerprint density at radius 3 is 2.74 bits per heavy atom. The highest BCUT2D eigenvalue weighted by Gasteiger charge is 2.55. The number of hydrogen-bond donors (Lipinski definition) is 1. The van der Waals surface area contributed by atoms with Gasteiger partial charge in [-0.05, 0) is 56.6 Å². The third-order valence-corrected chi connectivity index (χ3v) is 7.47. The molecule has 1 aliphatic carbocycles. The quantitative estimate of drug-likeness (QED) is 0.687. The number of nitrogens with one attached hydrogen (secondary N) is 1. The van der Waals surface area contributed by atoms with E-state index >= 15 is 0 Å². The lowest BCUT2D eigenvalue weighted by Crippen LogP contribution is -2.65. The molecule has 2 saturated heterocycles. The number of nitrogens with zero attached hydrogens (tertiary/aromatic N) is 1. The van der Waals surface area contributed by atoms with Crippen LogP contribution >= 0.6 is 0 Å². The van der Waals surface area contributed by atoms with Crippen LogP contribution in [0.2, 0.25) is 0 Å². The Labute approximate surface area is 183 Å². The standard InChI is InChI=1S/C24H32N2O5/c1-16-12-24(15-29-14-22(27)25-24)21-13-31-18-8-6-17(7-9-18)19-4-2-3-5-20(19)30-11-10-23(28)26(16)21/h2-5,16-18,21H,6-15H2,1H3,(H,25,27). The number of carbonyl (C=O) groups excluding carboxylic acids is 2. The Balaban J connectivity index is 1.43. The molecule has 0 aromatic heterocycles. The van der Waals surface area contributed by atoms with Crippen LogP contribution < -0.4 is 10.1 Å². The second-order valence-electron chi connectivity index (χ2n) is 9.51. The van der Waals surface area contributed by atoms with Gasteiger partial charge in [0.1, 0.15) is 12.4 Å². The second-order valence-corrected chi connectivity index (χ2v) is 9.51. The summed E-state index contributed by atoms with van der Waals surface area (Å²) in [5.74, 6) is 1.28. The van der Waals surface area contributed by atoms with Gasteiger partial charge in [-0.1, -0.05) is 18.2 Å². The van der Waals surface area contributed by atoms with Gasteiger partial charge in [0, 0.05) is 6.04 Å². The van der Waals surface area contributed by atoms with Crippen LogP contribution in [-0.4, -0.2) is 66.9 Å². The smallest absolute Gasteiger partial charge is 0.246 e. The zero-order chi connectivity index (χ0) is 21.4. The van der Waals surface area contributed by atoms with E-state index in [-0.39, 0.29) is 36.6 Å². The number of ether oxygens (including phenoxy) is 3. The van der Waals surface area contributed by atoms with Gasteiger partial charge >= 0.3 is 0 Å². The SMILES string of the molecule is CC1CC2(COCC(=O)N2)C2COC3CCC(CC3)c3ccccc3OCCC(=O)N12. The monoisotopic (exact) mass is 428 g/mol. The number of para-hydroxylation sites is 1. The van der Waals surface area contributed by atoms with E-state index in [1.165, 1.54) is 5.56 Å². The minimum Gasteiger partial charge on any atom is -0.493 e. The van der Waals surface area contributed by atoms with Crippen molar-refractivity contribution in [3.63, 3.8) is 0 Å². The molecule has 0 radical (unpaired) electrons. The predicted molar refractivity (Wildman–Crippen MR) is 114 cm³/mol. The molecule has 168 valence electrons. The molecule has 1 N–H and O–H groups in total. The fourth-order valence-electron chi connectivity index (χ4n) is 6.05. The largest absolute Gasteiger partial charge is 0.493 e. The van der Waals surface area contributed by atoms with Crippen LogP contribution in [0.25, 0.3) is 0 Å². The number of amides is 2. The maximum atomic E-state index is 13.3. The molecule has 31 heavy (non-hydrogen) atoms. The molecular weight excluding hydrogens is 396 g/mol. The minimum absolute atomic E-state index is 0.000900. The molecule has 4 heterocycles. The number of benzene rings is 1. The molecule has 1 spiro atoms. The van der Waals surface area contributed by atoms with Crippen molar-refractivity contribution in [3.05, 3.63) is 29.8 Å². The van der Waals surface area contributed by atoms with Crippen LogP contribution in [0.3, 0.4) is 0 Å². The van der Waals surface area contributed by atoms with E-state index in [1.54, 1.807) is 0 Å².